The van der Waals surface area contributed by atoms with E-state index >= 15 is 0 Å². The number of carbonyl (C=O) groups excluding carboxylic acids is 1. The van der Waals surface area contributed by atoms with Gasteiger partial charge in [-0.3, -0.25) is 0 Å². The third-order valence-corrected chi connectivity index (χ3v) is 5.86. The Morgan fingerprint density at radius 1 is 1.03 bits per heavy atom. The van der Waals surface area contributed by atoms with Gasteiger partial charge in [0, 0.05) is 42.3 Å². The summed E-state index contributed by atoms with van der Waals surface area (Å²) in [5.74, 6) is 7.67. The van der Waals surface area contributed by atoms with Crippen LogP contribution in [0.5, 0.6) is 5.75 Å². The van der Waals surface area contributed by atoms with Crippen molar-refractivity contribution in [2.24, 2.45) is 0 Å². The third kappa shape index (κ3) is 5.44. The number of hydrogen-bond donors (Lipinski definition) is 1. The Balaban J connectivity index is 1.59. The molecule has 9 nitrogen and oxygen atoms in total. The molecule has 0 bridgehead atoms. The Kier molecular flexibility index (Phi) is 6.59. The van der Waals surface area contributed by atoms with Gasteiger partial charge in [-0.2, -0.15) is 0 Å². The Labute approximate surface area is 216 Å². The van der Waals surface area contributed by atoms with Crippen LogP contribution in [-0.2, 0) is 16.1 Å². The number of morpholine rings is 1. The number of rotatable bonds is 1. The number of pyridine rings is 2. The smallest absolute Gasteiger partial charge is 0.420 e. The van der Waals surface area contributed by atoms with Crippen molar-refractivity contribution in [3.8, 4) is 17.6 Å². The van der Waals surface area contributed by atoms with Gasteiger partial charge in [-0.15, -0.1) is 0 Å². The van der Waals surface area contributed by atoms with Crippen LogP contribution in [0.1, 0.15) is 37.5 Å². The van der Waals surface area contributed by atoms with E-state index in [1.165, 1.54) is 4.90 Å². The molecule has 2 aliphatic rings. The molecular formula is C28H29N5O4. The van der Waals surface area contributed by atoms with Gasteiger partial charge in [0.2, 0.25) is 0 Å². The molecule has 2 aliphatic heterocycles. The first-order valence-electron chi connectivity index (χ1n) is 12.1. The maximum Gasteiger partial charge on any atom is 0.420 e. The summed E-state index contributed by atoms with van der Waals surface area (Å²) in [7, 11) is 0. The minimum absolute atomic E-state index is 0.254. The lowest BCUT2D eigenvalue weighted by Gasteiger charge is -2.32. The zero-order chi connectivity index (χ0) is 26.0. The van der Waals surface area contributed by atoms with Crippen molar-refractivity contribution in [1.29, 1.82) is 0 Å². The minimum Gasteiger partial charge on any atom is -0.486 e. The summed E-state index contributed by atoms with van der Waals surface area (Å²) in [6, 6.07) is 11.0. The number of amides is 1. The van der Waals surface area contributed by atoms with Crippen molar-refractivity contribution in [2.45, 2.75) is 33.0 Å². The second-order valence-corrected chi connectivity index (χ2v) is 9.74. The molecule has 2 N–H and O–H groups in total. The zero-order valence-electron chi connectivity index (χ0n) is 21.2. The van der Waals surface area contributed by atoms with Gasteiger partial charge in [0.25, 0.3) is 0 Å². The Hall–Kier alpha value is -4.29. The highest BCUT2D eigenvalue weighted by Crippen LogP contribution is 2.42. The van der Waals surface area contributed by atoms with E-state index in [1.807, 2.05) is 51.1 Å². The quantitative estimate of drug-likeness (QED) is 0.496. The van der Waals surface area contributed by atoms with E-state index < -0.39 is 11.7 Å². The summed E-state index contributed by atoms with van der Waals surface area (Å²) < 4.78 is 17.6. The molecule has 0 unspecified atom stereocenters. The number of ether oxygens (including phenoxy) is 3. The van der Waals surface area contributed by atoms with E-state index in [-0.39, 0.29) is 6.61 Å². The van der Waals surface area contributed by atoms with Crippen LogP contribution in [0.15, 0.2) is 48.8 Å². The average molecular weight is 500 g/mol. The van der Waals surface area contributed by atoms with Gasteiger partial charge in [-0.1, -0.05) is 11.8 Å². The molecule has 1 amide bonds. The molecule has 0 aliphatic carbocycles. The summed E-state index contributed by atoms with van der Waals surface area (Å²) >= 11 is 0. The fourth-order valence-electron chi connectivity index (χ4n) is 4.18. The Morgan fingerprint density at radius 2 is 1.78 bits per heavy atom. The number of benzene rings is 1. The number of fused-ring (bicyclic) bond motifs is 2. The van der Waals surface area contributed by atoms with Crippen LogP contribution in [-0.4, -0.2) is 48.0 Å². The topological polar surface area (TPSA) is 103 Å². The van der Waals surface area contributed by atoms with E-state index in [4.69, 9.17) is 19.9 Å². The number of carbonyl (C=O) groups is 1. The Bertz CT molecular complexity index is 1370. The average Bonchev–Trinajstić information content (AvgIpc) is 3.04. The largest absolute Gasteiger partial charge is 0.486 e. The van der Waals surface area contributed by atoms with Crippen molar-refractivity contribution in [3.63, 3.8) is 0 Å². The fraction of sp³-hybridized carbons (Fsp3) is 0.321. The van der Waals surface area contributed by atoms with Crippen LogP contribution in [0.25, 0.3) is 0 Å². The number of anilines is 4. The highest BCUT2D eigenvalue weighted by molar-refractivity contribution is 5.99. The highest BCUT2D eigenvalue weighted by atomic mass is 16.6. The van der Waals surface area contributed by atoms with Crippen molar-refractivity contribution < 1.29 is 19.0 Å². The standard InChI is InChI=1S/C28H29N5O4/c1-28(2,3)37-27(34)33-23-16-19(4-5-20-7-9-25(29)31-17-20)6-8-24(23)36-18-21-22(10-11-30-26(21)33)32-12-14-35-15-13-32/h6-11,16-17H,12-15,18H2,1-3H3,(H2,29,31). The first kappa shape index (κ1) is 24.4. The van der Waals surface area contributed by atoms with Crippen molar-refractivity contribution in [1.82, 2.24) is 9.97 Å². The minimum atomic E-state index is -0.702. The van der Waals surface area contributed by atoms with Gasteiger partial charge < -0.3 is 24.8 Å². The van der Waals surface area contributed by atoms with E-state index in [2.05, 4.69) is 26.7 Å². The second-order valence-electron chi connectivity index (χ2n) is 9.74. The van der Waals surface area contributed by atoms with Crippen LogP contribution in [0, 0.1) is 11.8 Å². The van der Waals surface area contributed by atoms with E-state index in [9.17, 15) is 4.79 Å². The molecule has 9 heteroatoms. The van der Waals surface area contributed by atoms with Crippen LogP contribution in [0.4, 0.5) is 27.8 Å². The molecule has 5 rings (SSSR count). The van der Waals surface area contributed by atoms with Crippen LogP contribution >= 0.6 is 0 Å². The number of nitrogen functional groups attached to an aromatic ring is 1. The second kappa shape index (κ2) is 9.99. The number of nitrogens with two attached hydrogens (primary N) is 1. The van der Waals surface area contributed by atoms with Crippen molar-refractivity contribution >= 4 is 29.1 Å². The molecule has 1 fully saturated rings. The number of nitrogens with zero attached hydrogens (tertiary/aromatic N) is 4. The molecule has 0 spiro atoms. The molecule has 0 atom stereocenters. The first-order valence-corrected chi connectivity index (χ1v) is 12.1. The van der Waals surface area contributed by atoms with Gasteiger partial charge in [0.1, 0.15) is 23.8 Å². The lowest BCUT2D eigenvalue weighted by molar-refractivity contribution is 0.0598. The fourth-order valence-corrected chi connectivity index (χ4v) is 4.18. The molecule has 2 aromatic heterocycles. The molecule has 3 aromatic rings. The lowest BCUT2D eigenvalue weighted by Crippen LogP contribution is -2.38. The van der Waals surface area contributed by atoms with E-state index in [1.54, 1.807) is 18.5 Å². The molecule has 0 radical (unpaired) electrons. The van der Waals surface area contributed by atoms with E-state index in [0.29, 0.717) is 41.8 Å². The van der Waals surface area contributed by atoms with Gasteiger partial charge >= 0.3 is 6.09 Å². The summed E-state index contributed by atoms with van der Waals surface area (Å²) in [4.78, 5) is 26.0. The van der Waals surface area contributed by atoms with Crippen LogP contribution < -0.4 is 20.3 Å². The highest BCUT2D eigenvalue weighted by Gasteiger charge is 2.34. The first-order chi connectivity index (χ1) is 17.8. The van der Waals surface area contributed by atoms with Gasteiger partial charge in [-0.05, 0) is 57.2 Å². The van der Waals surface area contributed by atoms with Crippen LogP contribution in [0.3, 0.4) is 0 Å². The van der Waals surface area contributed by atoms with Gasteiger partial charge in [-0.25, -0.2) is 19.7 Å². The molecule has 190 valence electrons. The van der Waals surface area contributed by atoms with Gasteiger partial charge in [0.15, 0.2) is 5.82 Å². The van der Waals surface area contributed by atoms with Gasteiger partial charge in [0.05, 0.1) is 24.5 Å². The van der Waals surface area contributed by atoms with Crippen molar-refractivity contribution in [3.05, 3.63) is 65.5 Å². The van der Waals surface area contributed by atoms with Crippen molar-refractivity contribution in [2.75, 3.05) is 41.8 Å². The lowest BCUT2D eigenvalue weighted by atomic mass is 10.1. The summed E-state index contributed by atoms with van der Waals surface area (Å²) in [5.41, 5.74) is 8.68. The SMILES string of the molecule is CC(C)(C)OC(=O)N1c2cc(C#Cc3ccc(N)nc3)ccc2OCc2c(N3CCOCC3)ccnc21. The molecule has 1 saturated heterocycles. The summed E-state index contributed by atoms with van der Waals surface area (Å²) in [6.45, 7) is 8.53. The molecule has 1 aromatic carbocycles. The Morgan fingerprint density at radius 3 is 2.51 bits per heavy atom. The summed E-state index contributed by atoms with van der Waals surface area (Å²) in [6.07, 6.45) is 2.79. The maximum atomic E-state index is 13.6. The number of aromatic nitrogens is 2. The predicted molar refractivity (Wildman–Crippen MR) is 141 cm³/mol. The molecule has 37 heavy (non-hydrogen) atoms. The monoisotopic (exact) mass is 499 g/mol. The van der Waals surface area contributed by atoms with Crippen LogP contribution in [0.2, 0.25) is 0 Å². The summed E-state index contributed by atoms with van der Waals surface area (Å²) in [5, 5.41) is 0. The number of hydrogen-bond acceptors (Lipinski definition) is 8. The zero-order valence-corrected chi connectivity index (χ0v) is 21.2. The molecular weight excluding hydrogens is 470 g/mol. The third-order valence-electron chi connectivity index (χ3n) is 5.86. The normalized spacial score (nSPS) is 14.9. The maximum absolute atomic E-state index is 13.6. The van der Waals surface area contributed by atoms with E-state index in [0.717, 1.165) is 29.9 Å². The molecule has 0 saturated carbocycles. The predicted octanol–water partition coefficient (Wildman–Crippen LogP) is 4.26. The molecule has 4 heterocycles.